The number of thiophene rings is 1. The molecule has 1 amide bonds. The van der Waals surface area contributed by atoms with Crippen LogP contribution in [0.15, 0.2) is 4.79 Å². The number of hydrogen-bond acceptors (Lipinski definition) is 6. The lowest BCUT2D eigenvalue weighted by Gasteiger charge is -2.22. The minimum Gasteiger partial charge on any atom is -0.378 e. The topological polar surface area (TPSA) is 67.7 Å². The highest BCUT2D eigenvalue weighted by Crippen LogP contribution is 2.35. The molecule has 0 aliphatic carbocycles. The standard InChI is InChI=1S/C17H20N4O3S/c1-19-4-3-9-12(5-19)25-15-14(9)17(23)21-11-8-24-7-10(11)16(22)20(2)6-13(21)18-15/h10-11H,3-8H2,1-2H3. The van der Waals surface area contributed by atoms with Crippen LogP contribution in [-0.2, 0) is 29.0 Å². The largest absolute Gasteiger partial charge is 0.378 e. The fraction of sp³-hybridized carbons (Fsp3) is 0.588. The number of amides is 1. The van der Waals surface area contributed by atoms with Gasteiger partial charge in [-0.05, 0) is 19.0 Å². The molecule has 2 aromatic rings. The van der Waals surface area contributed by atoms with Crippen LogP contribution < -0.4 is 5.56 Å². The minimum atomic E-state index is -0.288. The first-order chi connectivity index (χ1) is 12.0. The van der Waals surface area contributed by atoms with E-state index in [1.165, 1.54) is 4.88 Å². The van der Waals surface area contributed by atoms with Crippen LogP contribution in [-0.4, -0.2) is 59.1 Å². The lowest BCUT2D eigenvalue weighted by molar-refractivity contribution is -0.134. The molecule has 0 saturated carbocycles. The summed E-state index contributed by atoms with van der Waals surface area (Å²) in [5, 5.41) is 0.763. The molecule has 5 rings (SSSR count). The van der Waals surface area contributed by atoms with Crippen molar-refractivity contribution in [2.45, 2.75) is 25.6 Å². The molecule has 0 spiro atoms. The Morgan fingerprint density at radius 3 is 2.88 bits per heavy atom. The highest BCUT2D eigenvalue weighted by atomic mass is 32.1. The van der Waals surface area contributed by atoms with Crippen molar-refractivity contribution in [1.82, 2.24) is 19.4 Å². The molecule has 5 heterocycles. The molecule has 8 heteroatoms. The molecule has 1 fully saturated rings. The highest BCUT2D eigenvalue weighted by molar-refractivity contribution is 7.18. The summed E-state index contributed by atoms with van der Waals surface area (Å²) in [4.78, 5) is 36.9. The number of fused-ring (bicyclic) bond motifs is 6. The van der Waals surface area contributed by atoms with Gasteiger partial charge in [0.2, 0.25) is 5.91 Å². The highest BCUT2D eigenvalue weighted by Gasteiger charge is 2.42. The van der Waals surface area contributed by atoms with Gasteiger partial charge in [-0.25, -0.2) is 4.98 Å². The first-order valence-electron chi connectivity index (χ1n) is 8.61. The molecule has 0 bridgehead atoms. The lowest BCUT2D eigenvalue weighted by atomic mass is 10.0. The Morgan fingerprint density at radius 1 is 1.20 bits per heavy atom. The molecule has 132 valence electrons. The van der Waals surface area contributed by atoms with E-state index >= 15 is 0 Å². The van der Waals surface area contributed by atoms with Crippen LogP contribution in [0.4, 0.5) is 0 Å². The zero-order valence-electron chi connectivity index (χ0n) is 14.3. The molecule has 2 atom stereocenters. The minimum absolute atomic E-state index is 0.00523. The summed E-state index contributed by atoms with van der Waals surface area (Å²) in [6, 6.07) is -0.237. The van der Waals surface area contributed by atoms with Crippen molar-refractivity contribution in [3.63, 3.8) is 0 Å². The number of ether oxygens (including phenoxy) is 1. The zero-order chi connectivity index (χ0) is 17.3. The molecule has 1 saturated heterocycles. The number of hydrogen-bond donors (Lipinski definition) is 0. The van der Waals surface area contributed by atoms with Gasteiger partial charge in [0.15, 0.2) is 0 Å². The Kier molecular flexibility index (Phi) is 3.32. The maximum Gasteiger partial charge on any atom is 0.262 e. The molecular weight excluding hydrogens is 340 g/mol. The third-order valence-corrected chi connectivity index (χ3v) is 6.74. The van der Waals surface area contributed by atoms with Gasteiger partial charge >= 0.3 is 0 Å². The summed E-state index contributed by atoms with van der Waals surface area (Å²) >= 11 is 1.62. The Balaban J connectivity index is 1.77. The summed E-state index contributed by atoms with van der Waals surface area (Å²) in [7, 11) is 3.88. The molecule has 7 nitrogen and oxygen atoms in total. The van der Waals surface area contributed by atoms with E-state index in [2.05, 4.69) is 11.9 Å². The van der Waals surface area contributed by atoms with E-state index < -0.39 is 0 Å². The normalized spacial score (nSPS) is 26.5. The van der Waals surface area contributed by atoms with E-state index in [1.54, 1.807) is 27.9 Å². The van der Waals surface area contributed by atoms with Crippen molar-refractivity contribution in [3.8, 4) is 0 Å². The van der Waals surface area contributed by atoms with Gasteiger partial charge in [-0.3, -0.25) is 14.2 Å². The molecule has 3 aliphatic heterocycles. The van der Waals surface area contributed by atoms with E-state index in [0.29, 0.717) is 25.6 Å². The van der Waals surface area contributed by atoms with Crippen LogP contribution in [0.1, 0.15) is 22.3 Å². The van der Waals surface area contributed by atoms with Crippen molar-refractivity contribution in [2.75, 3.05) is 33.9 Å². The molecule has 0 N–H and O–H groups in total. The number of nitrogens with zero attached hydrogens (tertiary/aromatic N) is 4. The number of aromatic nitrogens is 2. The lowest BCUT2D eigenvalue weighted by Crippen LogP contribution is -2.35. The van der Waals surface area contributed by atoms with E-state index in [9.17, 15) is 9.59 Å². The molecule has 2 unspecified atom stereocenters. The van der Waals surface area contributed by atoms with Crippen molar-refractivity contribution in [1.29, 1.82) is 0 Å². The van der Waals surface area contributed by atoms with E-state index in [0.717, 1.165) is 35.3 Å². The van der Waals surface area contributed by atoms with Gasteiger partial charge in [-0.2, -0.15) is 0 Å². The zero-order valence-corrected chi connectivity index (χ0v) is 15.1. The number of carbonyl (C=O) groups is 1. The maximum atomic E-state index is 13.4. The molecule has 0 radical (unpaired) electrons. The average Bonchev–Trinajstić information content (AvgIpc) is 3.15. The third-order valence-electron chi connectivity index (χ3n) is 5.62. The van der Waals surface area contributed by atoms with Crippen LogP contribution in [0, 0.1) is 5.92 Å². The summed E-state index contributed by atoms with van der Waals surface area (Å²) in [6.45, 7) is 2.98. The van der Waals surface area contributed by atoms with E-state index in [-0.39, 0.29) is 23.4 Å². The monoisotopic (exact) mass is 360 g/mol. The van der Waals surface area contributed by atoms with E-state index in [1.807, 2.05) is 0 Å². The molecule has 25 heavy (non-hydrogen) atoms. The van der Waals surface area contributed by atoms with Crippen LogP contribution in [0.5, 0.6) is 0 Å². The van der Waals surface area contributed by atoms with Crippen molar-refractivity contribution < 1.29 is 9.53 Å². The molecule has 2 aromatic heterocycles. The van der Waals surface area contributed by atoms with Crippen LogP contribution in [0.2, 0.25) is 0 Å². The number of likely N-dealkylation sites (N-methyl/N-ethyl adjacent to an activating group) is 1. The van der Waals surface area contributed by atoms with Crippen LogP contribution >= 0.6 is 11.3 Å². The Morgan fingerprint density at radius 2 is 2.04 bits per heavy atom. The predicted molar refractivity (Wildman–Crippen MR) is 93.7 cm³/mol. The second-order valence-electron chi connectivity index (χ2n) is 7.28. The summed E-state index contributed by atoms with van der Waals surface area (Å²) < 4.78 is 7.32. The van der Waals surface area contributed by atoms with Gasteiger partial charge in [-0.15, -0.1) is 11.3 Å². The second-order valence-corrected chi connectivity index (χ2v) is 8.36. The second kappa shape index (κ2) is 5.36. The van der Waals surface area contributed by atoms with Gasteiger partial charge in [-0.1, -0.05) is 0 Å². The first kappa shape index (κ1) is 15.5. The quantitative estimate of drug-likeness (QED) is 0.688. The Labute approximate surface area is 148 Å². The maximum absolute atomic E-state index is 13.4. The van der Waals surface area contributed by atoms with E-state index in [4.69, 9.17) is 9.72 Å². The van der Waals surface area contributed by atoms with Gasteiger partial charge in [0.1, 0.15) is 10.7 Å². The Hall–Kier alpha value is -1.77. The number of carbonyl (C=O) groups excluding carboxylic acids is 1. The van der Waals surface area contributed by atoms with Gasteiger partial charge in [0.25, 0.3) is 5.56 Å². The van der Waals surface area contributed by atoms with Crippen LogP contribution in [0.25, 0.3) is 10.2 Å². The van der Waals surface area contributed by atoms with Gasteiger partial charge in [0.05, 0.1) is 37.1 Å². The SMILES string of the molecule is CN1CCc2c(sc3nc4n(c(=O)c23)C2COCC2C(=O)N(C)C4)C1. The first-order valence-corrected chi connectivity index (χ1v) is 9.43. The fourth-order valence-electron chi connectivity index (χ4n) is 4.28. The molecule has 0 aromatic carbocycles. The predicted octanol–water partition coefficient (Wildman–Crippen LogP) is 0.605. The van der Waals surface area contributed by atoms with Crippen molar-refractivity contribution in [2.24, 2.45) is 5.92 Å². The average molecular weight is 360 g/mol. The number of rotatable bonds is 0. The summed E-state index contributed by atoms with van der Waals surface area (Å²) in [5.41, 5.74) is 1.16. The summed E-state index contributed by atoms with van der Waals surface area (Å²) in [5.74, 6) is 0.432. The smallest absolute Gasteiger partial charge is 0.262 e. The molecular formula is C17H20N4O3S. The fourth-order valence-corrected chi connectivity index (χ4v) is 5.59. The third kappa shape index (κ3) is 2.14. The Bertz CT molecular complexity index is 949. The van der Waals surface area contributed by atoms with Crippen LogP contribution in [0.3, 0.4) is 0 Å². The van der Waals surface area contributed by atoms with Crippen molar-refractivity contribution in [3.05, 3.63) is 26.6 Å². The summed E-state index contributed by atoms with van der Waals surface area (Å²) in [6.07, 6.45) is 0.880. The van der Waals surface area contributed by atoms with Gasteiger partial charge in [0, 0.05) is 25.0 Å². The molecule has 3 aliphatic rings. The van der Waals surface area contributed by atoms with Gasteiger partial charge < -0.3 is 14.5 Å². The van der Waals surface area contributed by atoms with Crippen molar-refractivity contribution >= 4 is 27.5 Å².